The molecule has 0 unspecified atom stereocenters. The molecule has 11 heterocycles. The van der Waals surface area contributed by atoms with Crippen LogP contribution in [-0.4, -0.2) is 228 Å². The van der Waals surface area contributed by atoms with E-state index in [1.807, 2.05) is 127 Å². The van der Waals surface area contributed by atoms with Crippen LogP contribution < -0.4 is 87.0 Å². The predicted octanol–water partition coefficient (Wildman–Crippen LogP) is 9.33. The molecule has 2 saturated heterocycles. The smallest absolute Gasteiger partial charge is 0.249 e. The number of nitrogens with one attached hydrogen (secondary N) is 4. The van der Waals surface area contributed by atoms with Crippen LogP contribution in [-0.2, 0) is 9.47 Å². The predicted molar refractivity (Wildman–Crippen MR) is 445 cm³/mol. The topological polar surface area (TPSA) is 442 Å². The van der Waals surface area contributed by atoms with Crippen molar-refractivity contribution in [3.63, 3.8) is 0 Å². The standard InChI is InChI=1S/C20H25N7O3.C20H19N7O2.C20H27N7O2.C19H23N7O3/c1-28-17-14-15(5-6-16(17)30-13-10-26-8-11-29-12-9-26)23-20-24-19(21)27(25-20)18-4-2-3-7-22-18;1-28-16-12-15(17(29-2)11-14(16)13-6-9-22-10-7-13)24-20-25-19(21)27(26-20)18-5-3-4-8-23-18;1-4-26(5-2)12-13-29-16-10-9-15(14-17(16)28-3)23-20-24-19(21)27(25-20)18-8-6-7-11-22-18;1-27-15-12-14(25-7-9-29-10-8-25)16(28-2)11-13(15)22-19-23-18(20)26(24-19)17-5-3-4-6-21-17/h2-7,14H,8-13H2,1H3,(H3,21,23,24,25);3-12H,1-2H3,(H3,21,24,25,26);6-11,14H,4-5,12-13H2,1-3H3,(H3,21,23,24,25);3-6,11-12H,7-10H2,1-2H3,(H3,20,22,23,24). The third-order valence-corrected chi connectivity index (χ3v) is 18.0. The van der Waals surface area contributed by atoms with Gasteiger partial charge in [-0.25, -0.2) is 19.9 Å². The second-order valence-corrected chi connectivity index (χ2v) is 25.3. The van der Waals surface area contributed by atoms with E-state index >= 15 is 0 Å². The van der Waals surface area contributed by atoms with Gasteiger partial charge in [-0.1, -0.05) is 38.1 Å². The molecule has 0 aliphatic carbocycles. The average molecular weight is 1600 g/mol. The zero-order valence-corrected chi connectivity index (χ0v) is 66.1. The third kappa shape index (κ3) is 21.7. The summed E-state index contributed by atoms with van der Waals surface area (Å²) >= 11 is 0. The number of rotatable bonds is 30. The molecule has 13 aromatic rings. The van der Waals surface area contributed by atoms with E-state index in [1.165, 1.54) is 18.7 Å². The Bertz CT molecular complexity index is 5250. The number of hydrogen-bond donors (Lipinski definition) is 8. The number of anilines is 13. The van der Waals surface area contributed by atoms with Gasteiger partial charge in [-0.3, -0.25) is 9.88 Å². The van der Waals surface area contributed by atoms with Crippen LogP contribution in [0.15, 0.2) is 183 Å². The van der Waals surface area contributed by atoms with Crippen molar-refractivity contribution in [3.05, 3.63) is 183 Å². The molecule has 0 spiro atoms. The lowest BCUT2D eigenvalue weighted by atomic mass is 10.0. The van der Waals surface area contributed by atoms with Gasteiger partial charge in [-0.15, -0.1) is 20.4 Å². The van der Waals surface area contributed by atoms with Crippen molar-refractivity contribution in [3.8, 4) is 80.4 Å². The monoisotopic (exact) mass is 1590 g/mol. The minimum Gasteiger partial charge on any atom is -0.496 e. The summed E-state index contributed by atoms with van der Waals surface area (Å²) in [6, 6.07) is 44.4. The maximum atomic E-state index is 6.01. The summed E-state index contributed by atoms with van der Waals surface area (Å²) in [6.07, 6.45) is 10.1. The van der Waals surface area contributed by atoms with Crippen LogP contribution in [0.4, 0.5) is 76.0 Å². The van der Waals surface area contributed by atoms with Gasteiger partial charge >= 0.3 is 0 Å². The highest BCUT2D eigenvalue weighted by molar-refractivity contribution is 5.79. The van der Waals surface area contributed by atoms with Crippen LogP contribution in [0.25, 0.3) is 34.4 Å². The van der Waals surface area contributed by atoms with Crippen molar-refractivity contribution < 1.29 is 47.4 Å². The Kier molecular flexibility index (Phi) is 28.7. The van der Waals surface area contributed by atoms with Gasteiger partial charge in [0, 0.05) is 124 Å². The van der Waals surface area contributed by atoms with Crippen LogP contribution >= 0.6 is 0 Å². The molecule has 12 N–H and O–H groups in total. The molecule has 9 aromatic heterocycles. The fourth-order valence-corrected chi connectivity index (χ4v) is 12.0. The van der Waals surface area contributed by atoms with E-state index in [-0.39, 0.29) is 23.8 Å². The number of nitrogens with two attached hydrogens (primary N) is 4. The Hall–Kier alpha value is -14.4. The molecule has 0 atom stereocenters. The van der Waals surface area contributed by atoms with Gasteiger partial charge in [0.2, 0.25) is 47.6 Å². The SMILES string of the molecule is CCN(CC)CCOc1ccc(Nc2nc(N)n(-c3ccccn3)n2)cc1OC.COc1cc(-c2ccncc2)c(OC)cc1Nc1nc(N)n(-c2ccccn2)n1.COc1cc(N2CCOCC2)c(OC)cc1Nc1nc(N)n(-c2ccccn2)n1.COc1cc(Nc2nc(N)n(-c3ccccn3)n2)ccc1OCCN1CCOCC1. The van der Waals surface area contributed by atoms with Gasteiger partial charge in [-0.05, 0) is 110 Å². The summed E-state index contributed by atoms with van der Waals surface area (Å²) in [5.74, 6) is 9.88. The first kappa shape index (κ1) is 82.1. The molecule has 4 aromatic carbocycles. The van der Waals surface area contributed by atoms with E-state index in [9.17, 15) is 0 Å². The lowest BCUT2D eigenvalue weighted by molar-refractivity contribution is 0.0321. The number of morpholine rings is 2. The summed E-state index contributed by atoms with van der Waals surface area (Å²) in [6.45, 7) is 15.5. The second-order valence-electron chi connectivity index (χ2n) is 25.3. The summed E-state index contributed by atoms with van der Waals surface area (Å²) in [5, 5.41) is 30.1. The summed E-state index contributed by atoms with van der Waals surface area (Å²) < 4.78 is 61.8. The minimum atomic E-state index is 0.213. The van der Waals surface area contributed by atoms with Gasteiger partial charge in [0.15, 0.2) is 46.3 Å². The number of methoxy groups -OCH3 is 6. The van der Waals surface area contributed by atoms with Crippen LogP contribution in [0.5, 0.6) is 46.0 Å². The van der Waals surface area contributed by atoms with Crippen LogP contribution in [0, 0.1) is 0 Å². The summed E-state index contributed by atoms with van der Waals surface area (Å²) in [7, 11) is 9.69. The molecular formula is C79H94N28O10. The van der Waals surface area contributed by atoms with Crippen molar-refractivity contribution in [2.24, 2.45) is 0 Å². The van der Waals surface area contributed by atoms with E-state index in [0.717, 1.165) is 93.8 Å². The van der Waals surface area contributed by atoms with E-state index in [0.29, 0.717) is 131 Å². The van der Waals surface area contributed by atoms with Crippen molar-refractivity contribution >= 4 is 76.0 Å². The normalized spacial score (nSPS) is 12.5. The Balaban J connectivity index is 0.000000144. The van der Waals surface area contributed by atoms with Crippen molar-refractivity contribution in [1.82, 2.24) is 93.8 Å². The van der Waals surface area contributed by atoms with E-state index in [1.54, 1.807) is 98.0 Å². The number of nitrogen functional groups attached to an aromatic ring is 4. The molecule has 117 heavy (non-hydrogen) atoms. The number of aromatic nitrogens is 17. The van der Waals surface area contributed by atoms with E-state index in [4.69, 9.17) is 70.3 Å². The van der Waals surface area contributed by atoms with Crippen molar-refractivity contribution in [2.45, 2.75) is 13.8 Å². The summed E-state index contributed by atoms with van der Waals surface area (Å²) in [4.78, 5) is 44.9. The van der Waals surface area contributed by atoms with Gasteiger partial charge in [0.1, 0.15) is 36.2 Å². The number of hydrogen-bond acceptors (Lipinski definition) is 34. The first-order valence-corrected chi connectivity index (χ1v) is 37.3. The number of ether oxygens (including phenoxy) is 10. The minimum absolute atomic E-state index is 0.213. The van der Waals surface area contributed by atoms with Gasteiger partial charge in [0.05, 0.1) is 86.1 Å². The van der Waals surface area contributed by atoms with Crippen molar-refractivity contribution in [1.29, 1.82) is 0 Å². The van der Waals surface area contributed by atoms with Crippen LogP contribution in [0.1, 0.15) is 13.8 Å². The highest BCUT2D eigenvalue weighted by atomic mass is 16.5. The van der Waals surface area contributed by atoms with E-state index < -0.39 is 0 Å². The van der Waals surface area contributed by atoms with E-state index in [2.05, 4.69) is 115 Å². The first-order chi connectivity index (χ1) is 57.2. The number of nitrogens with zero attached hydrogens (tertiary/aromatic N) is 20. The molecule has 0 radical (unpaired) electrons. The molecule has 0 saturated carbocycles. The molecule has 610 valence electrons. The largest absolute Gasteiger partial charge is 0.496 e. The third-order valence-electron chi connectivity index (χ3n) is 18.0. The molecule has 15 rings (SSSR count). The quantitative estimate of drug-likeness (QED) is 0.0208. The summed E-state index contributed by atoms with van der Waals surface area (Å²) in [5.41, 5.74) is 29.6. The molecular weight excluding hydrogens is 1500 g/mol. The zero-order chi connectivity index (χ0) is 81.8. The highest BCUT2D eigenvalue weighted by Gasteiger charge is 2.23. The molecule has 0 amide bonds. The average Bonchev–Trinajstić information content (AvgIpc) is 1.70. The van der Waals surface area contributed by atoms with Crippen LogP contribution in [0.3, 0.4) is 0 Å². The molecule has 2 fully saturated rings. The number of benzene rings is 4. The van der Waals surface area contributed by atoms with Gasteiger partial charge in [0.25, 0.3) is 0 Å². The molecule has 2 aliphatic heterocycles. The highest BCUT2D eigenvalue weighted by Crippen LogP contribution is 2.42. The Morgan fingerprint density at radius 3 is 1.19 bits per heavy atom. The van der Waals surface area contributed by atoms with Gasteiger partial charge < -0.3 is 101 Å². The number of likely N-dealkylation sites (N-methyl/N-ethyl adjacent to an activating group) is 1. The molecule has 2 aliphatic rings. The Morgan fingerprint density at radius 1 is 0.393 bits per heavy atom. The van der Waals surface area contributed by atoms with Crippen LogP contribution in [0.2, 0.25) is 0 Å². The van der Waals surface area contributed by atoms with Gasteiger partial charge in [-0.2, -0.15) is 38.7 Å². The molecule has 38 nitrogen and oxygen atoms in total. The molecule has 38 heteroatoms. The first-order valence-electron chi connectivity index (χ1n) is 37.3. The maximum Gasteiger partial charge on any atom is 0.249 e. The van der Waals surface area contributed by atoms with Crippen molar-refractivity contribution in [2.75, 3.05) is 184 Å². The second kappa shape index (κ2) is 40.9. The maximum absolute atomic E-state index is 6.01. The molecule has 0 bridgehead atoms. The number of pyridine rings is 5. The Morgan fingerprint density at radius 2 is 0.786 bits per heavy atom. The zero-order valence-electron chi connectivity index (χ0n) is 66.1. The lowest BCUT2D eigenvalue weighted by Crippen LogP contribution is -2.38. The fourth-order valence-electron chi connectivity index (χ4n) is 12.0. The fraction of sp³-hybridized carbons (Fsp3) is 0.278. The lowest BCUT2D eigenvalue weighted by Gasteiger charge is -2.30. The Labute approximate surface area is 675 Å².